The van der Waals surface area contributed by atoms with Gasteiger partial charge in [0.1, 0.15) is 0 Å². The summed E-state index contributed by atoms with van der Waals surface area (Å²) in [5.74, 6) is -0.172. The van der Waals surface area contributed by atoms with Crippen molar-refractivity contribution in [2.24, 2.45) is 0 Å². The van der Waals surface area contributed by atoms with Gasteiger partial charge in [0.15, 0.2) is 0 Å². The van der Waals surface area contributed by atoms with Crippen molar-refractivity contribution in [2.45, 2.75) is 38.4 Å². The summed E-state index contributed by atoms with van der Waals surface area (Å²) in [7, 11) is 0. The smallest absolute Gasteiger partial charge is 0.252 e. The Kier molecular flexibility index (Phi) is 4.83. The van der Waals surface area contributed by atoms with Gasteiger partial charge < -0.3 is 15.2 Å². The predicted octanol–water partition coefficient (Wildman–Crippen LogP) is 2.42. The van der Waals surface area contributed by atoms with E-state index in [1.165, 1.54) is 0 Å². The van der Waals surface area contributed by atoms with Crippen LogP contribution >= 0.6 is 15.9 Å². The van der Waals surface area contributed by atoms with Crippen molar-refractivity contribution in [1.82, 2.24) is 5.32 Å². The number of rotatable bonds is 5. The number of carbonyl (C=O) groups excluding carboxylic acids is 1. The van der Waals surface area contributed by atoms with E-state index in [2.05, 4.69) is 21.2 Å². The molecule has 0 unspecified atom stereocenters. The van der Waals surface area contributed by atoms with Crippen molar-refractivity contribution in [3.05, 3.63) is 33.8 Å². The van der Waals surface area contributed by atoms with Gasteiger partial charge in [-0.3, -0.25) is 4.79 Å². The fourth-order valence-corrected chi connectivity index (χ4v) is 2.87. The molecule has 2 N–H and O–H groups in total. The van der Waals surface area contributed by atoms with E-state index < -0.39 is 5.60 Å². The van der Waals surface area contributed by atoms with E-state index in [0.717, 1.165) is 10.0 Å². The van der Waals surface area contributed by atoms with Gasteiger partial charge in [0.25, 0.3) is 5.91 Å². The van der Waals surface area contributed by atoms with Gasteiger partial charge >= 0.3 is 0 Å². The highest BCUT2D eigenvalue weighted by atomic mass is 79.9. The lowest BCUT2D eigenvalue weighted by molar-refractivity contribution is -0.133. The Labute approximate surface area is 127 Å². The molecule has 2 rings (SSSR count). The minimum Gasteiger partial charge on any atom is -0.388 e. The molecule has 0 radical (unpaired) electrons. The molecule has 0 saturated heterocycles. The van der Waals surface area contributed by atoms with Gasteiger partial charge in [0.05, 0.1) is 17.3 Å². The van der Waals surface area contributed by atoms with Gasteiger partial charge in [-0.25, -0.2) is 0 Å². The number of hydrogen-bond donors (Lipinski definition) is 2. The van der Waals surface area contributed by atoms with E-state index in [0.29, 0.717) is 25.0 Å². The number of hydrogen-bond acceptors (Lipinski definition) is 3. The molecule has 1 aromatic rings. The van der Waals surface area contributed by atoms with Crippen LogP contribution in [0.5, 0.6) is 0 Å². The fraction of sp³-hybridized carbons (Fsp3) is 0.533. The summed E-state index contributed by atoms with van der Waals surface area (Å²) in [6, 6.07) is 5.62. The summed E-state index contributed by atoms with van der Waals surface area (Å²) in [5.41, 5.74) is 0.789. The highest BCUT2D eigenvalue weighted by molar-refractivity contribution is 9.10. The Morgan fingerprint density at radius 3 is 2.90 bits per heavy atom. The Bertz CT molecular complexity index is 498. The van der Waals surface area contributed by atoms with E-state index in [4.69, 9.17) is 4.74 Å². The third kappa shape index (κ3) is 3.59. The van der Waals surface area contributed by atoms with Crippen LogP contribution in [0.3, 0.4) is 0 Å². The third-order valence-electron chi connectivity index (χ3n) is 3.56. The van der Waals surface area contributed by atoms with Crippen LogP contribution in [-0.4, -0.2) is 35.9 Å². The lowest BCUT2D eigenvalue weighted by atomic mass is 9.77. The molecule has 1 fully saturated rings. The van der Waals surface area contributed by atoms with Crippen LogP contribution in [-0.2, 0) is 4.74 Å². The maximum Gasteiger partial charge on any atom is 0.252 e. The molecular formula is C15H20BrNO3. The zero-order chi connectivity index (χ0) is 14.8. The minimum atomic E-state index is -0.828. The Morgan fingerprint density at radius 1 is 1.55 bits per heavy atom. The molecule has 0 bridgehead atoms. The second-order valence-electron chi connectivity index (χ2n) is 5.38. The fourth-order valence-electron chi connectivity index (χ4n) is 2.44. The summed E-state index contributed by atoms with van der Waals surface area (Å²) >= 11 is 3.37. The molecule has 1 aliphatic carbocycles. The van der Waals surface area contributed by atoms with Gasteiger partial charge in [-0.2, -0.15) is 0 Å². The van der Waals surface area contributed by atoms with Crippen molar-refractivity contribution in [2.75, 3.05) is 13.2 Å². The number of amides is 1. The molecular weight excluding hydrogens is 322 g/mol. The van der Waals surface area contributed by atoms with Gasteiger partial charge in [-0.1, -0.05) is 11.6 Å². The van der Waals surface area contributed by atoms with Crippen LogP contribution < -0.4 is 5.32 Å². The van der Waals surface area contributed by atoms with Crippen molar-refractivity contribution >= 4 is 21.8 Å². The SMILES string of the molecule is CCOC1CC(O)(CNC(=O)c2cc(C)ccc2Br)C1. The van der Waals surface area contributed by atoms with Crippen LogP contribution in [0.1, 0.15) is 35.7 Å². The number of nitrogens with one attached hydrogen (secondary N) is 1. The molecule has 1 aliphatic rings. The third-order valence-corrected chi connectivity index (χ3v) is 4.25. The summed E-state index contributed by atoms with van der Waals surface area (Å²) in [6.45, 7) is 4.79. The minimum absolute atomic E-state index is 0.118. The van der Waals surface area contributed by atoms with Gasteiger partial charge in [-0.15, -0.1) is 0 Å². The molecule has 1 amide bonds. The van der Waals surface area contributed by atoms with Gasteiger partial charge in [-0.05, 0) is 41.9 Å². The summed E-state index contributed by atoms with van der Waals surface area (Å²) in [4.78, 5) is 12.1. The predicted molar refractivity (Wildman–Crippen MR) is 80.8 cm³/mol. The monoisotopic (exact) mass is 341 g/mol. The lowest BCUT2D eigenvalue weighted by Gasteiger charge is -2.43. The number of halogens is 1. The van der Waals surface area contributed by atoms with Gasteiger partial charge in [0, 0.05) is 30.5 Å². The maximum atomic E-state index is 12.1. The number of aryl methyl sites for hydroxylation is 1. The number of ether oxygens (including phenoxy) is 1. The average Bonchev–Trinajstić information content (AvgIpc) is 2.37. The molecule has 0 aliphatic heterocycles. The first-order valence-electron chi connectivity index (χ1n) is 6.82. The maximum absolute atomic E-state index is 12.1. The zero-order valence-corrected chi connectivity index (χ0v) is 13.4. The van der Waals surface area contributed by atoms with E-state index in [1.807, 2.05) is 32.0 Å². The average molecular weight is 342 g/mol. The van der Waals surface area contributed by atoms with E-state index in [-0.39, 0.29) is 18.6 Å². The number of aliphatic hydroxyl groups is 1. The van der Waals surface area contributed by atoms with E-state index in [9.17, 15) is 9.90 Å². The zero-order valence-electron chi connectivity index (χ0n) is 11.8. The largest absolute Gasteiger partial charge is 0.388 e. The van der Waals surface area contributed by atoms with Crippen LogP contribution in [0.25, 0.3) is 0 Å². The van der Waals surface area contributed by atoms with Crippen molar-refractivity contribution in [3.63, 3.8) is 0 Å². The standard InChI is InChI=1S/C15H20BrNO3/c1-3-20-11-7-15(19,8-11)9-17-14(18)12-6-10(2)4-5-13(12)16/h4-6,11,19H,3,7-9H2,1-2H3,(H,17,18). The second-order valence-corrected chi connectivity index (χ2v) is 6.23. The quantitative estimate of drug-likeness (QED) is 0.864. The number of benzene rings is 1. The van der Waals surface area contributed by atoms with Crippen LogP contribution in [0.4, 0.5) is 0 Å². The second kappa shape index (κ2) is 6.24. The van der Waals surface area contributed by atoms with Crippen molar-refractivity contribution in [1.29, 1.82) is 0 Å². The number of carbonyl (C=O) groups is 1. The highest BCUT2D eigenvalue weighted by Crippen LogP contribution is 2.34. The molecule has 5 heteroatoms. The Morgan fingerprint density at radius 2 is 2.25 bits per heavy atom. The van der Waals surface area contributed by atoms with Crippen LogP contribution in [0.2, 0.25) is 0 Å². The topological polar surface area (TPSA) is 58.6 Å². The van der Waals surface area contributed by atoms with Gasteiger partial charge in [0.2, 0.25) is 0 Å². The molecule has 20 heavy (non-hydrogen) atoms. The first-order valence-corrected chi connectivity index (χ1v) is 7.61. The summed E-state index contributed by atoms with van der Waals surface area (Å²) in [6.07, 6.45) is 1.28. The lowest BCUT2D eigenvalue weighted by Crippen LogP contribution is -2.55. The first kappa shape index (κ1) is 15.5. The molecule has 0 heterocycles. The molecule has 0 atom stereocenters. The normalized spacial score (nSPS) is 25.1. The Hall–Kier alpha value is -0.910. The van der Waals surface area contributed by atoms with E-state index in [1.54, 1.807) is 0 Å². The molecule has 1 aromatic carbocycles. The van der Waals surface area contributed by atoms with Crippen LogP contribution in [0.15, 0.2) is 22.7 Å². The molecule has 1 saturated carbocycles. The summed E-state index contributed by atoms with van der Waals surface area (Å²) < 4.78 is 6.18. The summed E-state index contributed by atoms with van der Waals surface area (Å²) in [5, 5.41) is 13.0. The highest BCUT2D eigenvalue weighted by Gasteiger charge is 2.43. The molecule has 4 nitrogen and oxygen atoms in total. The molecule has 110 valence electrons. The van der Waals surface area contributed by atoms with Crippen LogP contribution in [0, 0.1) is 6.92 Å². The molecule has 0 spiro atoms. The van der Waals surface area contributed by atoms with Crippen molar-refractivity contribution in [3.8, 4) is 0 Å². The Balaban J connectivity index is 1.88. The van der Waals surface area contributed by atoms with E-state index >= 15 is 0 Å². The van der Waals surface area contributed by atoms with Crippen molar-refractivity contribution < 1.29 is 14.6 Å². The first-order chi connectivity index (χ1) is 9.43. The molecule has 0 aromatic heterocycles.